The van der Waals surface area contributed by atoms with Crippen LogP contribution in [0, 0.1) is 11.6 Å². The van der Waals surface area contributed by atoms with Crippen LogP contribution in [0.5, 0.6) is 0 Å². The molecule has 2 heterocycles. The zero-order valence-corrected chi connectivity index (χ0v) is 21.6. The number of hydrogen-bond donors (Lipinski definition) is 3. The van der Waals surface area contributed by atoms with Crippen LogP contribution in [0.2, 0.25) is 0 Å². The van der Waals surface area contributed by atoms with E-state index in [0.29, 0.717) is 48.9 Å². The number of fused-ring (bicyclic) bond motifs is 2. The van der Waals surface area contributed by atoms with Crippen LogP contribution in [0.3, 0.4) is 0 Å². The van der Waals surface area contributed by atoms with Crippen LogP contribution >= 0.6 is 0 Å². The normalized spacial score (nSPS) is 13.3. The molecule has 0 bridgehead atoms. The third-order valence-corrected chi connectivity index (χ3v) is 6.89. The highest BCUT2D eigenvalue weighted by atomic mass is 19.2. The second-order valence-corrected chi connectivity index (χ2v) is 9.66. The molecule has 11 heteroatoms. The maximum atomic E-state index is 14.4. The maximum Gasteiger partial charge on any atom is 0.323 e. The molecule has 4 aromatic rings. The van der Waals surface area contributed by atoms with Gasteiger partial charge < -0.3 is 26.8 Å². The van der Waals surface area contributed by atoms with E-state index in [1.807, 2.05) is 24.3 Å². The Bertz CT molecular complexity index is 1590. The van der Waals surface area contributed by atoms with Crippen LogP contribution in [0.15, 0.2) is 54.6 Å². The van der Waals surface area contributed by atoms with Crippen molar-refractivity contribution >= 4 is 28.7 Å². The highest BCUT2D eigenvalue weighted by Crippen LogP contribution is 2.32. The lowest BCUT2D eigenvalue weighted by Crippen LogP contribution is -2.32. The molecule has 6 N–H and O–H groups in total. The molecule has 1 aliphatic heterocycles. The molecule has 1 aromatic heterocycles. The summed E-state index contributed by atoms with van der Waals surface area (Å²) < 4.78 is 34.0. The number of esters is 1. The average Bonchev–Trinajstić information content (AvgIpc) is 3.39. The second kappa shape index (κ2) is 11.3. The van der Waals surface area contributed by atoms with E-state index in [-0.39, 0.29) is 35.3 Å². The molecule has 0 spiro atoms. The van der Waals surface area contributed by atoms with E-state index in [9.17, 15) is 18.4 Å². The lowest BCUT2D eigenvalue weighted by molar-refractivity contribution is -0.146. The SMILES string of the molecule is NCCC[C@H](N)C(=O)OCc1cc(F)c(F)cc1-c1ccc2nc(N)nc(C(=O)N3Cc4ccccc4C3)c2c1. The van der Waals surface area contributed by atoms with Crippen LogP contribution in [0.1, 0.15) is 40.0 Å². The number of rotatable bonds is 8. The van der Waals surface area contributed by atoms with Crippen molar-refractivity contribution in [3.05, 3.63) is 88.6 Å². The second-order valence-electron chi connectivity index (χ2n) is 9.66. The summed E-state index contributed by atoms with van der Waals surface area (Å²) in [7, 11) is 0. The van der Waals surface area contributed by atoms with Gasteiger partial charge >= 0.3 is 5.97 Å². The minimum Gasteiger partial charge on any atom is -0.460 e. The number of aromatic nitrogens is 2. The van der Waals surface area contributed by atoms with Gasteiger partial charge in [0.25, 0.3) is 5.91 Å². The first-order chi connectivity index (χ1) is 19.2. The van der Waals surface area contributed by atoms with Gasteiger partial charge in [-0.3, -0.25) is 9.59 Å². The molecular weight excluding hydrogens is 518 g/mol. The lowest BCUT2D eigenvalue weighted by Gasteiger charge is -2.17. The predicted octanol–water partition coefficient (Wildman–Crippen LogP) is 3.42. The molecule has 206 valence electrons. The van der Waals surface area contributed by atoms with Crippen molar-refractivity contribution in [3.63, 3.8) is 0 Å². The molecule has 0 fully saturated rings. The molecule has 0 saturated heterocycles. The molecule has 9 nitrogen and oxygen atoms in total. The predicted molar refractivity (Wildman–Crippen MR) is 145 cm³/mol. The number of ether oxygens (including phenoxy) is 1. The first-order valence-corrected chi connectivity index (χ1v) is 12.8. The fourth-order valence-electron chi connectivity index (χ4n) is 4.79. The topological polar surface area (TPSA) is 150 Å². The quantitative estimate of drug-likeness (QED) is 0.285. The Labute approximate surface area is 228 Å². The van der Waals surface area contributed by atoms with Crippen molar-refractivity contribution < 1.29 is 23.1 Å². The molecule has 5 rings (SSSR count). The third kappa shape index (κ3) is 5.47. The van der Waals surface area contributed by atoms with E-state index >= 15 is 0 Å². The third-order valence-electron chi connectivity index (χ3n) is 6.89. The maximum absolute atomic E-state index is 14.4. The Hall–Kier alpha value is -4.48. The highest BCUT2D eigenvalue weighted by molar-refractivity contribution is 6.06. The summed E-state index contributed by atoms with van der Waals surface area (Å²) in [6.07, 6.45) is 0.883. The Balaban J connectivity index is 1.49. The average molecular weight is 547 g/mol. The summed E-state index contributed by atoms with van der Waals surface area (Å²) in [6.45, 7) is 0.884. The van der Waals surface area contributed by atoms with Crippen LogP contribution < -0.4 is 17.2 Å². The molecule has 1 atom stereocenters. The fourth-order valence-corrected chi connectivity index (χ4v) is 4.79. The molecule has 3 aromatic carbocycles. The molecule has 40 heavy (non-hydrogen) atoms. The first-order valence-electron chi connectivity index (χ1n) is 12.8. The van der Waals surface area contributed by atoms with Crippen molar-refractivity contribution in [1.82, 2.24) is 14.9 Å². The van der Waals surface area contributed by atoms with Gasteiger partial charge in [-0.2, -0.15) is 0 Å². The van der Waals surface area contributed by atoms with E-state index in [0.717, 1.165) is 23.3 Å². The smallest absolute Gasteiger partial charge is 0.323 e. The van der Waals surface area contributed by atoms with Gasteiger partial charge in [0.15, 0.2) is 11.6 Å². The Morgan fingerprint density at radius 3 is 2.40 bits per heavy atom. The van der Waals surface area contributed by atoms with Gasteiger partial charge in [-0.05, 0) is 65.9 Å². The Morgan fingerprint density at radius 2 is 1.70 bits per heavy atom. The first kappa shape index (κ1) is 27.1. The number of hydrogen-bond acceptors (Lipinski definition) is 8. The zero-order valence-electron chi connectivity index (χ0n) is 21.6. The van der Waals surface area contributed by atoms with Gasteiger partial charge in [-0.15, -0.1) is 0 Å². The van der Waals surface area contributed by atoms with Gasteiger partial charge in [-0.25, -0.2) is 18.7 Å². The summed E-state index contributed by atoms with van der Waals surface area (Å²) in [5.41, 5.74) is 20.8. The Kier molecular flexibility index (Phi) is 7.67. The number of benzene rings is 3. The summed E-state index contributed by atoms with van der Waals surface area (Å²) in [5.74, 6) is -3.25. The van der Waals surface area contributed by atoms with Gasteiger partial charge in [-0.1, -0.05) is 30.3 Å². The van der Waals surface area contributed by atoms with Crippen LogP contribution in [-0.2, 0) is 29.2 Å². The molecule has 1 amide bonds. The molecule has 0 radical (unpaired) electrons. The van der Waals surface area contributed by atoms with Gasteiger partial charge in [0.2, 0.25) is 5.95 Å². The number of nitrogen functional groups attached to an aromatic ring is 1. The van der Waals surface area contributed by atoms with E-state index in [4.69, 9.17) is 21.9 Å². The molecular formula is C29H28F2N6O3. The molecule has 0 saturated carbocycles. The summed E-state index contributed by atoms with van der Waals surface area (Å²) >= 11 is 0. The lowest BCUT2D eigenvalue weighted by atomic mass is 9.97. The van der Waals surface area contributed by atoms with Gasteiger partial charge in [0, 0.05) is 24.0 Å². The fraction of sp³-hybridized carbons (Fsp3) is 0.241. The Morgan fingerprint density at radius 1 is 1.00 bits per heavy atom. The number of carbonyl (C=O) groups excluding carboxylic acids is 2. The number of nitrogens with two attached hydrogens (primary N) is 3. The van der Waals surface area contributed by atoms with Crippen molar-refractivity contribution in [2.24, 2.45) is 11.5 Å². The van der Waals surface area contributed by atoms with Crippen molar-refractivity contribution in [2.45, 2.75) is 38.6 Å². The van der Waals surface area contributed by atoms with Gasteiger partial charge in [0.1, 0.15) is 18.3 Å². The van der Waals surface area contributed by atoms with Crippen molar-refractivity contribution in [2.75, 3.05) is 12.3 Å². The van der Waals surface area contributed by atoms with E-state index in [1.165, 1.54) is 0 Å². The minimum atomic E-state index is -1.09. The van der Waals surface area contributed by atoms with Crippen molar-refractivity contribution in [3.8, 4) is 11.1 Å². The van der Waals surface area contributed by atoms with Gasteiger partial charge in [0.05, 0.1) is 5.52 Å². The largest absolute Gasteiger partial charge is 0.460 e. The number of nitrogens with zero attached hydrogens (tertiary/aromatic N) is 3. The highest BCUT2D eigenvalue weighted by Gasteiger charge is 2.27. The summed E-state index contributed by atoms with van der Waals surface area (Å²) in [6, 6.07) is 13.8. The summed E-state index contributed by atoms with van der Waals surface area (Å²) in [4.78, 5) is 36.1. The van der Waals surface area contributed by atoms with Crippen LogP contribution in [0.25, 0.3) is 22.0 Å². The van der Waals surface area contributed by atoms with Crippen LogP contribution in [0.4, 0.5) is 14.7 Å². The molecule has 0 unspecified atom stereocenters. The molecule has 1 aliphatic rings. The number of halogens is 2. The van der Waals surface area contributed by atoms with Crippen LogP contribution in [-0.4, -0.2) is 39.3 Å². The van der Waals surface area contributed by atoms with Crippen molar-refractivity contribution in [1.29, 1.82) is 0 Å². The summed E-state index contributed by atoms with van der Waals surface area (Å²) in [5, 5.41) is 0.393. The number of amides is 1. The zero-order chi connectivity index (χ0) is 28.4. The minimum absolute atomic E-state index is 0.0632. The van der Waals surface area contributed by atoms with E-state index in [2.05, 4.69) is 9.97 Å². The standard InChI is InChI=1S/C29H28F2N6O3/c30-22-11-19(15-40-28(39)24(33)6-3-9-32)20(12-23(22)31)16-7-8-25-21(10-16)26(36-29(34)35-25)27(38)37-13-17-4-1-2-5-18(17)14-37/h1-2,4-5,7-8,10-12,24H,3,6,9,13-15,32-33H2,(H2,34,35,36)/t24-/m0/s1. The van der Waals surface area contributed by atoms with E-state index < -0.39 is 23.6 Å². The number of anilines is 1. The monoisotopic (exact) mass is 546 g/mol. The van der Waals surface area contributed by atoms with E-state index in [1.54, 1.807) is 23.1 Å². The number of carbonyl (C=O) groups is 2. The molecule has 0 aliphatic carbocycles.